The van der Waals surface area contributed by atoms with Crippen LogP contribution in [-0.2, 0) is 11.3 Å². The Kier molecular flexibility index (Phi) is 3.98. The molecule has 2 aliphatic rings. The van der Waals surface area contributed by atoms with Gasteiger partial charge in [0.1, 0.15) is 0 Å². The molecule has 0 saturated carbocycles. The molecule has 6 nitrogen and oxygen atoms in total. The molecule has 2 aromatic rings. The smallest absolute Gasteiger partial charge is 0.328 e. The number of piperidine rings is 1. The molecule has 2 aliphatic heterocycles. The van der Waals surface area contributed by atoms with Crippen molar-refractivity contribution in [3.8, 4) is 0 Å². The molecule has 2 fully saturated rings. The first kappa shape index (κ1) is 15.2. The maximum absolute atomic E-state index is 12.2. The van der Waals surface area contributed by atoms with Crippen LogP contribution in [-0.4, -0.2) is 36.1 Å². The van der Waals surface area contributed by atoms with E-state index in [1.165, 1.54) is 12.8 Å². The fourth-order valence-electron chi connectivity index (χ4n) is 3.74. The van der Waals surface area contributed by atoms with Gasteiger partial charge in [0.25, 0.3) is 0 Å². The van der Waals surface area contributed by atoms with Gasteiger partial charge in [-0.2, -0.15) is 0 Å². The average molecular weight is 326 g/mol. The molecule has 3 heterocycles. The number of aromatic nitrogens is 1. The van der Waals surface area contributed by atoms with Crippen molar-refractivity contribution in [2.75, 3.05) is 24.5 Å². The van der Waals surface area contributed by atoms with Gasteiger partial charge >= 0.3 is 6.03 Å². The van der Waals surface area contributed by atoms with Crippen LogP contribution in [0.5, 0.6) is 0 Å². The highest BCUT2D eigenvalue weighted by molar-refractivity contribution is 6.09. The summed E-state index contributed by atoms with van der Waals surface area (Å²) in [6.45, 7) is 3.64. The Morgan fingerprint density at radius 1 is 1.12 bits per heavy atom. The average Bonchev–Trinajstić information content (AvgIpc) is 2.99. The van der Waals surface area contributed by atoms with E-state index in [0.29, 0.717) is 18.9 Å². The fraction of sp³-hybridized carbons (Fsp3) is 0.444. The number of hydrogen-bond acceptors (Lipinski definition) is 3. The molecule has 24 heavy (non-hydrogen) atoms. The van der Waals surface area contributed by atoms with Crippen LogP contribution in [0.3, 0.4) is 0 Å². The number of nitrogens with one attached hydrogen (secondary N) is 2. The van der Waals surface area contributed by atoms with Crippen LogP contribution in [0, 0.1) is 5.92 Å². The van der Waals surface area contributed by atoms with Crippen LogP contribution in [0.4, 0.5) is 10.5 Å². The lowest BCUT2D eigenvalue weighted by Crippen LogP contribution is -2.49. The number of fused-ring (bicyclic) bond motifs is 1. The summed E-state index contributed by atoms with van der Waals surface area (Å²) in [6, 6.07) is 7.79. The summed E-state index contributed by atoms with van der Waals surface area (Å²) in [5.74, 6) is 0.494. The minimum atomic E-state index is -0.329. The molecule has 1 aromatic carbocycles. The van der Waals surface area contributed by atoms with Crippen LogP contribution in [0.1, 0.15) is 19.3 Å². The number of carbonyl (C=O) groups is 2. The van der Waals surface area contributed by atoms with Crippen molar-refractivity contribution in [3.63, 3.8) is 0 Å². The Labute approximate surface area is 140 Å². The lowest BCUT2D eigenvalue weighted by atomic mass is 9.98. The SMILES string of the molecule is O=C1CCN(c2cccc3c2ccn3CC2CCNCC2)C(=O)N1. The molecule has 0 atom stereocenters. The van der Waals surface area contributed by atoms with E-state index in [1.807, 2.05) is 12.1 Å². The Bertz CT molecular complexity index is 776. The lowest BCUT2D eigenvalue weighted by molar-refractivity contribution is -0.120. The zero-order valence-electron chi connectivity index (χ0n) is 13.6. The quantitative estimate of drug-likeness (QED) is 0.907. The van der Waals surface area contributed by atoms with E-state index in [0.717, 1.165) is 36.2 Å². The predicted molar refractivity (Wildman–Crippen MR) is 93.0 cm³/mol. The third-order valence-electron chi connectivity index (χ3n) is 5.05. The van der Waals surface area contributed by atoms with Gasteiger partial charge in [-0.1, -0.05) is 6.07 Å². The van der Waals surface area contributed by atoms with Gasteiger partial charge in [0.15, 0.2) is 0 Å². The van der Waals surface area contributed by atoms with Crippen LogP contribution in [0.2, 0.25) is 0 Å². The molecule has 0 bridgehead atoms. The third-order valence-corrected chi connectivity index (χ3v) is 5.05. The Morgan fingerprint density at radius 2 is 1.96 bits per heavy atom. The van der Waals surface area contributed by atoms with E-state index in [-0.39, 0.29) is 11.9 Å². The van der Waals surface area contributed by atoms with Gasteiger partial charge in [-0.3, -0.25) is 15.0 Å². The van der Waals surface area contributed by atoms with Crippen molar-refractivity contribution in [1.82, 2.24) is 15.2 Å². The number of rotatable bonds is 3. The van der Waals surface area contributed by atoms with Gasteiger partial charge in [0.2, 0.25) is 5.91 Å². The summed E-state index contributed by atoms with van der Waals surface area (Å²) in [5.41, 5.74) is 2.03. The molecule has 2 N–H and O–H groups in total. The van der Waals surface area contributed by atoms with Crippen LogP contribution in [0.15, 0.2) is 30.5 Å². The Morgan fingerprint density at radius 3 is 2.75 bits per heavy atom. The van der Waals surface area contributed by atoms with E-state index in [2.05, 4.69) is 33.5 Å². The number of carbonyl (C=O) groups excluding carboxylic acids is 2. The van der Waals surface area contributed by atoms with Crippen LogP contribution >= 0.6 is 0 Å². The highest BCUT2D eigenvalue weighted by Gasteiger charge is 2.26. The first-order chi connectivity index (χ1) is 11.7. The highest BCUT2D eigenvalue weighted by atomic mass is 16.2. The molecule has 1 aromatic heterocycles. The summed E-state index contributed by atoms with van der Waals surface area (Å²) < 4.78 is 2.29. The maximum atomic E-state index is 12.2. The van der Waals surface area contributed by atoms with E-state index in [1.54, 1.807) is 4.90 Å². The molecule has 126 valence electrons. The molecule has 0 unspecified atom stereocenters. The predicted octanol–water partition coefficient (Wildman–Crippen LogP) is 2.09. The lowest BCUT2D eigenvalue weighted by Gasteiger charge is -2.27. The fourth-order valence-corrected chi connectivity index (χ4v) is 3.74. The summed E-state index contributed by atoms with van der Waals surface area (Å²) in [7, 11) is 0. The van der Waals surface area contributed by atoms with Gasteiger partial charge < -0.3 is 9.88 Å². The molecular formula is C18H22N4O2. The van der Waals surface area contributed by atoms with Crippen molar-refractivity contribution in [2.24, 2.45) is 5.92 Å². The zero-order chi connectivity index (χ0) is 16.5. The van der Waals surface area contributed by atoms with Crippen molar-refractivity contribution in [2.45, 2.75) is 25.8 Å². The van der Waals surface area contributed by atoms with Gasteiger partial charge in [-0.15, -0.1) is 0 Å². The molecule has 0 spiro atoms. The van der Waals surface area contributed by atoms with Gasteiger partial charge in [0, 0.05) is 31.1 Å². The first-order valence-corrected chi connectivity index (χ1v) is 8.62. The number of urea groups is 1. The molecule has 2 saturated heterocycles. The number of benzene rings is 1. The number of anilines is 1. The second-order valence-corrected chi connectivity index (χ2v) is 6.63. The van der Waals surface area contributed by atoms with Gasteiger partial charge in [0.05, 0.1) is 11.2 Å². The molecule has 0 aliphatic carbocycles. The summed E-state index contributed by atoms with van der Waals surface area (Å²) in [5, 5.41) is 6.87. The van der Waals surface area contributed by atoms with E-state index >= 15 is 0 Å². The topological polar surface area (TPSA) is 66.4 Å². The number of hydrogen-bond donors (Lipinski definition) is 2. The van der Waals surface area contributed by atoms with Crippen LogP contribution < -0.4 is 15.5 Å². The molecule has 6 heteroatoms. The van der Waals surface area contributed by atoms with Gasteiger partial charge in [-0.25, -0.2) is 4.79 Å². The van der Waals surface area contributed by atoms with E-state index < -0.39 is 0 Å². The highest BCUT2D eigenvalue weighted by Crippen LogP contribution is 2.30. The second kappa shape index (κ2) is 6.28. The third kappa shape index (κ3) is 2.78. The van der Waals surface area contributed by atoms with Crippen molar-refractivity contribution in [3.05, 3.63) is 30.5 Å². The summed E-state index contributed by atoms with van der Waals surface area (Å²) in [4.78, 5) is 25.2. The van der Waals surface area contributed by atoms with Crippen LogP contribution in [0.25, 0.3) is 10.9 Å². The minimum Gasteiger partial charge on any atom is -0.347 e. The van der Waals surface area contributed by atoms with E-state index in [4.69, 9.17) is 0 Å². The molecule has 3 amide bonds. The number of nitrogens with zero attached hydrogens (tertiary/aromatic N) is 2. The number of amides is 3. The first-order valence-electron chi connectivity index (χ1n) is 8.62. The zero-order valence-corrected chi connectivity index (χ0v) is 13.6. The summed E-state index contributed by atoms with van der Waals surface area (Å²) in [6.07, 6.45) is 4.87. The minimum absolute atomic E-state index is 0.202. The largest absolute Gasteiger partial charge is 0.347 e. The van der Waals surface area contributed by atoms with Gasteiger partial charge in [-0.05, 0) is 50.0 Å². The molecule has 4 rings (SSSR count). The van der Waals surface area contributed by atoms with Crippen molar-refractivity contribution >= 4 is 28.5 Å². The normalized spacial score (nSPS) is 19.8. The Hall–Kier alpha value is -2.34. The Balaban J connectivity index is 1.63. The number of imide groups is 1. The monoisotopic (exact) mass is 326 g/mol. The molecular weight excluding hydrogens is 304 g/mol. The van der Waals surface area contributed by atoms with E-state index in [9.17, 15) is 9.59 Å². The van der Waals surface area contributed by atoms with Crippen molar-refractivity contribution in [1.29, 1.82) is 0 Å². The summed E-state index contributed by atoms with van der Waals surface area (Å²) >= 11 is 0. The van der Waals surface area contributed by atoms with Crippen molar-refractivity contribution < 1.29 is 9.59 Å². The molecule has 0 radical (unpaired) electrons. The standard InChI is InChI=1S/C18H22N4O2/c23-17-7-11-22(18(24)20-17)16-3-1-2-15-14(16)6-10-21(15)12-13-4-8-19-9-5-13/h1-3,6,10,13,19H,4-5,7-9,11-12H2,(H,20,23,24). The second-order valence-electron chi connectivity index (χ2n) is 6.63. The maximum Gasteiger partial charge on any atom is 0.328 e.